The van der Waals surface area contributed by atoms with Gasteiger partial charge < -0.3 is 9.47 Å². The van der Waals surface area contributed by atoms with Crippen molar-refractivity contribution in [2.24, 2.45) is 0 Å². The molecule has 0 unspecified atom stereocenters. The number of rotatable bonds is 2. The third kappa shape index (κ3) is 2.22. The van der Waals surface area contributed by atoms with Gasteiger partial charge in [0.05, 0.1) is 13.2 Å². The molecule has 1 aliphatic heterocycles. The third-order valence-corrected chi connectivity index (χ3v) is 2.24. The van der Waals surface area contributed by atoms with Crippen LogP contribution in [-0.2, 0) is 9.47 Å². The minimum absolute atomic E-state index is 0.532. The fraction of sp³-hybridized carbons (Fsp3) is 0.333. The lowest BCUT2D eigenvalue weighted by Crippen LogP contribution is -2.21. The van der Waals surface area contributed by atoms with Crippen molar-refractivity contribution in [3.63, 3.8) is 0 Å². The molecule has 0 aromatic heterocycles. The van der Waals surface area contributed by atoms with Crippen molar-refractivity contribution in [3.8, 4) is 0 Å². The molecule has 1 aliphatic rings. The van der Waals surface area contributed by atoms with Gasteiger partial charge in [0.1, 0.15) is 0 Å². The first-order valence-electron chi connectivity index (χ1n) is 4.81. The van der Waals surface area contributed by atoms with Crippen LogP contribution in [0.5, 0.6) is 0 Å². The van der Waals surface area contributed by atoms with Gasteiger partial charge in [0.15, 0.2) is 5.79 Å². The summed E-state index contributed by atoms with van der Waals surface area (Å²) >= 11 is 0. The van der Waals surface area contributed by atoms with Crippen LogP contribution in [0.3, 0.4) is 0 Å². The van der Waals surface area contributed by atoms with Gasteiger partial charge in [0, 0.05) is 0 Å². The second-order valence-corrected chi connectivity index (χ2v) is 3.46. The fourth-order valence-electron chi connectivity index (χ4n) is 1.44. The van der Waals surface area contributed by atoms with Crippen molar-refractivity contribution < 1.29 is 9.47 Å². The lowest BCUT2D eigenvalue weighted by atomic mass is 10.2. The Bertz CT molecular complexity index is 310. The molecule has 1 heterocycles. The summed E-state index contributed by atoms with van der Waals surface area (Å²) in [5.41, 5.74) is 1.16. The van der Waals surface area contributed by atoms with E-state index in [0.717, 1.165) is 5.56 Å². The molecule has 0 radical (unpaired) electrons. The molecule has 2 heteroatoms. The highest BCUT2D eigenvalue weighted by Gasteiger charge is 2.27. The predicted octanol–water partition coefficient (Wildman–Crippen LogP) is 2.46. The molecule has 1 aromatic carbocycles. The maximum absolute atomic E-state index is 5.45. The molecule has 0 amide bonds. The first-order valence-corrected chi connectivity index (χ1v) is 4.81. The van der Waals surface area contributed by atoms with Crippen molar-refractivity contribution in [2.45, 2.75) is 12.7 Å². The van der Waals surface area contributed by atoms with Gasteiger partial charge in [0.2, 0.25) is 0 Å². The van der Waals surface area contributed by atoms with E-state index < -0.39 is 5.79 Å². The number of hydrogen-bond acceptors (Lipinski definition) is 2. The average Bonchev–Trinajstić information content (AvgIpc) is 2.65. The van der Waals surface area contributed by atoms with Crippen molar-refractivity contribution in [1.82, 2.24) is 0 Å². The Morgan fingerprint density at radius 2 is 1.79 bits per heavy atom. The maximum atomic E-state index is 5.45. The van der Waals surface area contributed by atoms with Gasteiger partial charge in [-0.1, -0.05) is 36.4 Å². The molecule has 1 saturated heterocycles. The predicted molar refractivity (Wildman–Crippen MR) is 55.8 cm³/mol. The third-order valence-electron chi connectivity index (χ3n) is 2.24. The molecule has 0 spiro atoms. The number of benzene rings is 1. The number of hydrogen-bond donors (Lipinski definition) is 0. The Balaban J connectivity index is 2.06. The largest absolute Gasteiger partial charge is 0.344 e. The second-order valence-electron chi connectivity index (χ2n) is 3.46. The lowest BCUT2D eigenvalue weighted by Gasteiger charge is -2.16. The highest BCUT2D eigenvalue weighted by atomic mass is 16.7. The minimum atomic E-state index is -0.532. The van der Waals surface area contributed by atoms with Crippen LogP contribution in [0.2, 0.25) is 0 Å². The van der Waals surface area contributed by atoms with Gasteiger partial charge in [-0.25, -0.2) is 0 Å². The van der Waals surface area contributed by atoms with Gasteiger partial charge in [-0.05, 0) is 18.6 Å². The van der Waals surface area contributed by atoms with Gasteiger partial charge in [0.25, 0.3) is 0 Å². The smallest absolute Gasteiger partial charge is 0.185 e. The maximum Gasteiger partial charge on any atom is 0.185 e. The topological polar surface area (TPSA) is 18.5 Å². The van der Waals surface area contributed by atoms with Crippen LogP contribution in [0.1, 0.15) is 12.5 Å². The van der Waals surface area contributed by atoms with Crippen molar-refractivity contribution in [1.29, 1.82) is 0 Å². The summed E-state index contributed by atoms with van der Waals surface area (Å²) in [6, 6.07) is 10.1. The zero-order valence-corrected chi connectivity index (χ0v) is 8.27. The summed E-state index contributed by atoms with van der Waals surface area (Å²) in [5, 5.41) is 0. The molecule has 1 aromatic rings. The van der Waals surface area contributed by atoms with E-state index in [-0.39, 0.29) is 0 Å². The summed E-state index contributed by atoms with van der Waals surface area (Å²) in [5.74, 6) is -0.532. The standard InChI is InChI=1S/C12H14O2/c1-12(13-9-10-14-12)8-7-11-5-3-2-4-6-11/h2-8H,9-10H2,1H3. The summed E-state index contributed by atoms with van der Waals surface area (Å²) in [6.45, 7) is 3.28. The summed E-state index contributed by atoms with van der Waals surface area (Å²) in [7, 11) is 0. The molecule has 1 fully saturated rings. The first kappa shape index (κ1) is 9.44. The molecule has 74 valence electrons. The highest BCUT2D eigenvalue weighted by molar-refractivity contribution is 5.49. The molecule has 14 heavy (non-hydrogen) atoms. The van der Waals surface area contributed by atoms with Gasteiger partial charge in [-0.2, -0.15) is 0 Å². The van der Waals surface area contributed by atoms with Crippen molar-refractivity contribution in [3.05, 3.63) is 42.0 Å². The van der Waals surface area contributed by atoms with E-state index in [0.29, 0.717) is 13.2 Å². The zero-order valence-electron chi connectivity index (χ0n) is 8.27. The van der Waals surface area contributed by atoms with Crippen LogP contribution in [-0.4, -0.2) is 19.0 Å². The van der Waals surface area contributed by atoms with Gasteiger partial charge >= 0.3 is 0 Å². The molecular weight excluding hydrogens is 176 g/mol. The van der Waals surface area contributed by atoms with Crippen LogP contribution < -0.4 is 0 Å². The Morgan fingerprint density at radius 1 is 1.14 bits per heavy atom. The minimum Gasteiger partial charge on any atom is -0.344 e. The Labute approximate surface area is 84.2 Å². The quantitative estimate of drug-likeness (QED) is 0.713. The van der Waals surface area contributed by atoms with E-state index >= 15 is 0 Å². The second kappa shape index (κ2) is 3.95. The van der Waals surface area contributed by atoms with E-state index in [1.54, 1.807) is 0 Å². The molecule has 0 bridgehead atoms. The van der Waals surface area contributed by atoms with E-state index in [2.05, 4.69) is 12.1 Å². The number of ether oxygens (including phenoxy) is 2. The molecule has 2 rings (SSSR count). The van der Waals surface area contributed by atoms with Crippen molar-refractivity contribution >= 4 is 6.08 Å². The molecule has 0 aliphatic carbocycles. The normalized spacial score (nSPS) is 20.4. The van der Waals surface area contributed by atoms with Crippen LogP contribution in [0.25, 0.3) is 6.08 Å². The molecule has 0 N–H and O–H groups in total. The zero-order chi connectivity index (χ0) is 9.86. The molecule has 2 nitrogen and oxygen atoms in total. The SMILES string of the molecule is CC1(C=Cc2ccccc2)OCCO1. The summed E-state index contributed by atoms with van der Waals surface area (Å²) < 4.78 is 10.9. The Kier molecular flexibility index (Phi) is 2.66. The van der Waals surface area contributed by atoms with E-state index in [4.69, 9.17) is 9.47 Å². The van der Waals surface area contributed by atoms with Crippen LogP contribution in [0, 0.1) is 0 Å². The highest BCUT2D eigenvalue weighted by Crippen LogP contribution is 2.20. The monoisotopic (exact) mass is 190 g/mol. The van der Waals surface area contributed by atoms with Gasteiger partial charge in [-0.15, -0.1) is 0 Å². The van der Waals surface area contributed by atoms with Crippen LogP contribution >= 0.6 is 0 Å². The van der Waals surface area contributed by atoms with E-state index in [1.807, 2.05) is 37.3 Å². The molecule has 0 saturated carbocycles. The fourth-order valence-corrected chi connectivity index (χ4v) is 1.44. The van der Waals surface area contributed by atoms with Crippen LogP contribution in [0.4, 0.5) is 0 Å². The molecular formula is C12H14O2. The van der Waals surface area contributed by atoms with E-state index in [9.17, 15) is 0 Å². The van der Waals surface area contributed by atoms with E-state index in [1.165, 1.54) is 0 Å². The average molecular weight is 190 g/mol. The van der Waals surface area contributed by atoms with Gasteiger partial charge in [-0.3, -0.25) is 0 Å². The Morgan fingerprint density at radius 3 is 2.43 bits per heavy atom. The Hall–Kier alpha value is -1.12. The van der Waals surface area contributed by atoms with Crippen molar-refractivity contribution in [2.75, 3.05) is 13.2 Å². The lowest BCUT2D eigenvalue weighted by molar-refractivity contribution is -0.0990. The first-order chi connectivity index (χ1) is 6.79. The molecule has 0 atom stereocenters. The summed E-state index contributed by atoms with van der Waals surface area (Å²) in [6.07, 6.45) is 3.97. The van der Waals surface area contributed by atoms with Crippen LogP contribution in [0.15, 0.2) is 36.4 Å². The summed E-state index contributed by atoms with van der Waals surface area (Å²) in [4.78, 5) is 0.